The number of amides is 1. The first kappa shape index (κ1) is 13.0. The Morgan fingerprint density at radius 3 is 2.53 bits per heavy atom. The minimum atomic E-state index is -0.417. The van der Waals surface area contributed by atoms with Crippen LogP contribution in [0.15, 0.2) is 36.4 Å². The van der Waals surface area contributed by atoms with E-state index in [4.69, 9.17) is 17.3 Å². The molecule has 5 N–H and O–H groups in total. The molecule has 0 unspecified atom stereocenters. The molecule has 0 atom stereocenters. The van der Waals surface area contributed by atoms with Crippen molar-refractivity contribution in [1.29, 1.82) is 0 Å². The molecule has 0 heterocycles. The monoisotopic (exact) mass is 278 g/mol. The van der Waals surface area contributed by atoms with E-state index in [-0.39, 0.29) is 27.8 Å². The highest BCUT2D eigenvalue weighted by molar-refractivity contribution is 6.32. The molecule has 0 saturated carbocycles. The summed E-state index contributed by atoms with van der Waals surface area (Å²) >= 11 is 5.73. The van der Waals surface area contributed by atoms with Crippen molar-refractivity contribution in [2.75, 3.05) is 11.1 Å². The van der Waals surface area contributed by atoms with Crippen LogP contribution in [-0.4, -0.2) is 16.1 Å². The zero-order valence-corrected chi connectivity index (χ0v) is 10.5. The lowest BCUT2D eigenvalue weighted by Crippen LogP contribution is -2.13. The summed E-state index contributed by atoms with van der Waals surface area (Å²) in [6, 6.07) is 8.35. The average Bonchev–Trinajstić information content (AvgIpc) is 2.36. The molecule has 0 aliphatic heterocycles. The standard InChI is InChI=1S/C13H11ClN2O3/c14-9-5-7(1-4-12(9)18)13(19)16-11-3-2-8(17)6-10(11)15/h1-6,17-18H,15H2,(H,16,19). The Labute approximate surface area is 114 Å². The highest BCUT2D eigenvalue weighted by Gasteiger charge is 2.10. The van der Waals surface area contributed by atoms with Crippen molar-refractivity contribution in [1.82, 2.24) is 0 Å². The van der Waals surface area contributed by atoms with E-state index in [0.29, 0.717) is 5.69 Å². The molecule has 6 heteroatoms. The number of carbonyl (C=O) groups is 1. The minimum Gasteiger partial charge on any atom is -0.508 e. The molecule has 2 rings (SSSR count). The third kappa shape index (κ3) is 2.89. The van der Waals surface area contributed by atoms with Crippen LogP contribution in [0.4, 0.5) is 11.4 Å². The van der Waals surface area contributed by atoms with Gasteiger partial charge < -0.3 is 21.3 Å². The second-order valence-electron chi connectivity index (χ2n) is 3.89. The number of rotatable bonds is 2. The number of aromatic hydroxyl groups is 2. The average molecular weight is 279 g/mol. The van der Waals surface area contributed by atoms with Gasteiger partial charge in [-0.2, -0.15) is 0 Å². The lowest BCUT2D eigenvalue weighted by atomic mass is 10.2. The number of phenolic OH excluding ortho intramolecular Hbond substituents is 2. The number of benzene rings is 2. The van der Waals surface area contributed by atoms with E-state index in [1.807, 2.05) is 0 Å². The van der Waals surface area contributed by atoms with Gasteiger partial charge in [0.05, 0.1) is 16.4 Å². The zero-order valence-electron chi connectivity index (χ0n) is 9.72. The van der Waals surface area contributed by atoms with Gasteiger partial charge in [-0.15, -0.1) is 0 Å². The Hall–Kier alpha value is -2.40. The van der Waals surface area contributed by atoms with E-state index >= 15 is 0 Å². The first-order valence-corrected chi connectivity index (χ1v) is 5.73. The molecule has 0 saturated heterocycles. The summed E-state index contributed by atoms with van der Waals surface area (Å²) in [6.45, 7) is 0. The molecule has 2 aromatic rings. The van der Waals surface area contributed by atoms with Crippen LogP contribution >= 0.6 is 11.6 Å². The maximum absolute atomic E-state index is 11.9. The van der Waals surface area contributed by atoms with E-state index < -0.39 is 5.91 Å². The largest absolute Gasteiger partial charge is 0.508 e. The topological polar surface area (TPSA) is 95.6 Å². The minimum absolute atomic E-state index is 0.0168. The SMILES string of the molecule is Nc1cc(O)ccc1NC(=O)c1ccc(O)c(Cl)c1. The fourth-order valence-corrected chi connectivity index (χ4v) is 1.69. The first-order valence-electron chi connectivity index (χ1n) is 5.36. The second kappa shape index (κ2) is 5.07. The van der Waals surface area contributed by atoms with Crippen molar-refractivity contribution < 1.29 is 15.0 Å². The predicted molar refractivity (Wildman–Crippen MR) is 73.6 cm³/mol. The molecule has 0 fully saturated rings. The van der Waals surface area contributed by atoms with E-state index in [9.17, 15) is 15.0 Å². The third-order valence-electron chi connectivity index (χ3n) is 2.49. The number of anilines is 2. The van der Waals surface area contributed by atoms with Gasteiger partial charge >= 0.3 is 0 Å². The highest BCUT2D eigenvalue weighted by Crippen LogP contribution is 2.26. The summed E-state index contributed by atoms with van der Waals surface area (Å²) in [7, 11) is 0. The Balaban J connectivity index is 2.23. The van der Waals surface area contributed by atoms with Gasteiger partial charge in [-0.3, -0.25) is 4.79 Å². The van der Waals surface area contributed by atoms with Crippen LogP contribution in [0.5, 0.6) is 11.5 Å². The van der Waals surface area contributed by atoms with Crippen molar-refractivity contribution in [2.45, 2.75) is 0 Å². The van der Waals surface area contributed by atoms with Crippen molar-refractivity contribution in [3.8, 4) is 11.5 Å². The Morgan fingerprint density at radius 2 is 1.89 bits per heavy atom. The van der Waals surface area contributed by atoms with Gasteiger partial charge in [0.15, 0.2) is 0 Å². The maximum Gasteiger partial charge on any atom is 0.255 e. The van der Waals surface area contributed by atoms with Gasteiger partial charge in [0.1, 0.15) is 11.5 Å². The number of phenols is 2. The summed E-state index contributed by atoms with van der Waals surface area (Å²) in [6.07, 6.45) is 0. The number of carbonyl (C=O) groups excluding carboxylic acids is 1. The molecule has 0 bridgehead atoms. The number of nitrogens with one attached hydrogen (secondary N) is 1. The highest BCUT2D eigenvalue weighted by atomic mass is 35.5. The number of nitrogen functional groups attached to an aromatic ring is 1. The first-order chi connectivity index (χ1) is 8.97. The molecule has 0 aromatic heterocycles. The summed E-state index contributed by atoms with van der Waals surface area (Å²) < 4.78 is 0. The van der Waals surface area contributed by atoms with Gasteiger partial charge in [-0.25, -0.2) is 0 Å². The lowest BCUT2D eigenvalue weighted by molar-refractivity contribution is 0.102. The number of hydrogen-bond donors (Lipinski definition) is 4. The van der Waals surface area contributed by atoms with Gasteiger partial charge in [0.2, 0.25) is 0 Å². The van der Waals surface area contributed by atoms with Crippen LogP contribution in [0.2, 0.25) is 5.02 Å². The van der Waals surface area contributed by atoms with Gasteiger partial charge in [-0.1, -0.05) is 11.6 Å². The summed E-state index contributed by atoms with van der Waals surface area (Å²) in [4.78, 5) is 11.9. The van der Waals surface area contributed by atoms with Crippen LogP contribution in [0, 0.1) is 0 Å². The second-order valence-corrected chi connectivity index (χ2v) is 4.30. The summed E-state index contributed by atoms with van der Waals surface area (Å²) in [5.74, 6) is -0.496. The quantitative estimate of drug-likeness (QED) is 0.501. The van der Waals surface area contributed by atoms with Gasteiger partial charge in [-0.05, 0) is 30.3 Å². The van der Waals surface area contributed by atoms with Crippen LogP contribution in [0.25, 0.3) is 0 Å². The number of nitrogens with two attached hydrogens (primary N) is 1. The van der Waals surface area contributed by atoms with Crippen molar-refractivity contribution >= 4 is 28.9 Å². The van der Waals surface area contributed by atoms with E-state index in [1.54, 1.807) is 0 Å². The molecule has 5 nitrogen and oxygen atoms in total. The van der Waals surface area contributed by atoms with E-state index in [2.05, 4.69) is 5.32 Å². The molecule has 0 aliphatic carbocycles. The van der Waals surface area contributed by atoms with Crippen molar-refractivity contribution in [2.24, 2.45) is 0 Å². The molecule has 0 spiro atoms. The van der Waals surface area contributed by atoms with Crippen LogP contribution in [0.3, 0.4) is 0 Å². The molecule has 98 valence electrons. The fraction of sp³-hybridized carbons (Fsp3) is 0. The van der Waals surface area contributed by atoms with Crippen LogP contribution in [0.1, 0.15) is 10.4 Å². The molecule has 19 heavy (non-hydrogen) atoms. The fourth-order valence-electron chi connectivity index (χ4n) is 1.51. The molecular formula is C13H11ClN2O3. The molecule has 0 radical (unpaired) electrons. The molecule has 1 amide bonds. The normalized spacial score (nSPS) is 10.2. The molecular weight excluding hydrogens is 268 g/mol. The van der Waals surface area contributed by atoms with Gasteiger partial charge in [0, 0.05) is 11.6 Å². The lowest BCUT2D eigenvalue weighted by Gasteiger charge is -2.09. The Morgan fingerprint density at radius 1 is 1.16 bits per heavy atom. The third-order valence-corrected chi connectivity index (χ3v) is 2.80. The molecule has 2 aromatic carbocycles. The van der Waals surface area contributed by atoms with E-state index in [1.165, 1.54) is 36.4 Å². The van der Waals surface area contributed by atoms with Crippen molar-refractivity contribution in [3.63, 3.8) is 0 Å². The summed E-state index contributed by atoms with van der Waals surface area (Å²) in [5.41, 5.74) is 6.58. The number of hydrogen-bond acceptors (Lipinski definition) is 4. The number of halogens is 1. The van der Waals surface area contributed by atoms with Gasteiger partial charge in [0.25, 0.3) is 5.91 Å². The van der Waals surface area contributed by atoms with Crippen LogP contribution < -0.4 is 11.1 Å². The Kier molecular flexibility index (Phi) is 3.48. The Bertz CT molecular complexity index is 644. The smallest absolute Gasteiger partial charge is 0.255 e. The van der Waals surface area contributed by atoms with Crippen molar-refractivity contribution in [3.05, 3.63) is 47.0 Å². The molecule has 0 aliphatic rings. The summed E-state index contributed by atoms with van der Waals surface area (Å²) in [5, 5.41) is 21.2. The maximum atomic E-state index is 11.9. The van der Waals surface area contributed by atoms with E-state index in [0.717, 1.165) is 0 Å². The van der Waals surface area contributed by atoms with Crippen LogP contribution in [-0.2, 0) is 0 Å². The predicted octanol–water partition coefficient (Wildman–Crippen LogP) is 2.59. The zero-order chi connectivity index (χ0) is 14.0.